The molecule has 1 aliphatic heterocycles. The summed E-state index contributed by atoms with van der Waals surface area (Å²) in [6.45, 7) is 4.16. The van der Waals surface area contributed by atoms with Gasteiger partial charge in [0.15, 0.2) is 0 Å². The Balaban J connectivity index is 1.82. The standard InChI is InChI=1S/C18H20N2OS2/c1-3-20-9-10-23-17-8-7-13(11-16(17)20)18(21)19-14-5-4-6-15(12-14)22-2/h4-8,11-12H,3,9-10H2,1-2H3,(H,19,21). The molecular formula is C18H20N2OS2. The lowest BCUT2D eigenvalue weighted by Gasteiger charge is -2.30. The smallest absolute Gasteiger partial charge is 0.255 e. The molecule has 3 nitrogen and oxygen atoms in total. The lowest BCUT2D eigenvalue weighted by molar-refractivity contribution is 0.102. The lowest BCUT2D eigenvalue weighted by atomic mass is 10.1. The summed E-state index contributed by atoms with van der Waals surface area (Å²) in [6, 6.07) is 13.9. The first-order valence-corrected chi connectivity index (χ1v) is 9.89. The number of rotatable bonds is 4. The molecule has 0 atom stereocenters. The number of thioether (sulfide) groups is 2. The number of nitrogens with zero attached hydrogens (tertiary/aromatic N) is 1. The van der Waals surface area contributed by atoms with Crippen LogP contribution >= 0.6 is 23.5 Å². The SMILES string of the molecule is CCN1CCSc2ccc(C(=O)Nc3cccc(SC)c3)cc21. The first kappa shape index (κ1) is 16.3. The predicted octanol–water partition coefficient (Wildman–Crippen LogP) is 4.59. The number of carbonyl (C=O) groups is 1. The van der Waals surface area contributed by atoms with Crippen LogP contribution in [0.2, 0.25) is 0 Å². The lowest BCUT2D eigenvalue weighted by Crippen LogP contribution is -2.29. The second-order valence-electron chi connectivity index (χ2n) is 5.30. The monoisotopic (exact) mass is 344 g/mol. The first-order chi connectivity index (χ1) is 11.2. The maximum Gasteiger partial charge on any atom is 0.255 e. The van der Waals surface area contributed by atoms with E-state index in [0.29, 0.717) is 5.56 Å². The van der Waals surface area contributed by atoms with E-state index in [-0.39, 0.29) is 5.91 Å². The topological polar surface area (TPSA) is 32.3 Å². The van der Waals surface area contributed by atoms with Gasteiger partial charge in [-0.05, 0) is 49.6 Å². The van der Waals surface area contributed by atoms with Crippen molar-refractivity contribution >= 4 is 40.8 Å². The quantitative estimate of drug-likeness (QED) is 0.822. The van der Waals surface area contributed by atoms with Crippen LogP contribution in [0.3, 0.4) is 0 Å². The number of carbonyl (C=O) groups excluding carboxylic acids is 1. The third kappa shape index (κ3) is 3.67. The molecule has 0 saturated heterocycles. The highest BCUT2D eigenvalue weighted by molar-refractivity contribution is 7.99. The summed E-state index contributed by atoms with van der Waals surface area (Å²) in [7, 11) is 0. The summed E-state index contributed by atoms with van der Waals surface area (Å²) in [5.74, 6) is 1.05. The molecule has 0 radical (unpaired) electrons. The summed E-state index contributed by atoms with van der Waals surface area (Å²) in [5.41, 5.74) is 2.72. The zero-order valence-electron chi connectivity index (χ0n) is 13.3. The number of fused-ring (bicyclic) bond motifs is 1. The third-order valence-electron chi connectivity index (χ3n) is 3.89. The van der Waals surface area contributed by atoms with Crippen LogP contribution in [0.15, 0.2) is 52.3 Å². The van der Waals surface area contributed by atoms with E-state index in [1.165, 1.54) is 10.6 Å². The van der Waals surface area contributed by atoms with E-state index in [9.17, 15) is 4.79 Å². The van der Waals surface area contributed by atoms with E-state index >= 15 is 0 Å². The third-order valence-corrected chi connectivity index (χ3v) is 5.66. The minimum Gasteiger partial charge on any atom is -0.370 e. The Morgan fingerprint density at radius 2 is 2.17 bits per heavy atom. The van der Waals surface area contributed by atoms with Crippen LogP contribution in [0.25, 0.3) is 0 Å². The number of amides is 1. The average molecular weight is 345 g/mol. The van der Waals surface area contributed by atoms with Gasteiger partial charge in [-0.2, -0.15) is 0 Å². The van der Waals surface area contributed by atoms with Gasteiger partial charge in [0.2, 0.25) is 0 Å². The maximum atomic E-state index is 12.6. The van der Waals surface area contributed by atoms with Crippen molar-refractivity contribution in [3.8, 4) is 0 Å². The van der Waals surface area contributed by atoms with Crippen molar-refractivity contribution in [2.24, 2.45) is 0 Å². The molecule has 0 bridgehead atoms. The molecule has 2 aromatic rings. The Labute approximate surface area is 145 Å². The molecule has 1 N–H and O–H groups in total. The van der Waals surface area contributed by atoms with Crippen LogP contribution in [-0.4, -0.2) is 31.0 Å². The number of hydrogen-bond acceptors (Lipinski definition) is 4. The fourth-order valence-corrected chi connectivity index (χ4v) is 4.14. The molecule has 5 heteroatoms. The van der Waals surface area contributed by atoms with Gasteiger partial charge in [0.25, 0.3) is 5.91 Å². The van der Waals surface area contributed by atoms with E-state index in [1.54, 1.807) is 11.8 Å². The highest BCUT2D eigenvalue weighted by Gasteiger charge is 2.18. The van der Waals surface area contributed by atoms with Crippen molar-refractivity contribution < 1.29 is 4.79 Å². The molecule has 1 aliphatic rings. The van der Waals surface area contributed by atoms with Crippen molar-refractivity contribution in [1.82, 2.24) is 0 Å². The highest BCUT2D eigenvalue weighted by atomic mass is 32.2. The molecule has 0 fully saturated rings. The second kappa shape index (κ2) is 7.32. The minimum atomic E-state index is -0.0577. The molecule has 0 aromatic heterocycles. The Morgan fingerprint density at radius 3 is 2.96 bits per heavy atom. The van der Waals surface area contributed by atoms with Crippen LogP contribution in [-0.2, 0) is 0 Å². The molecular weight excluding hydrogens is 324 g/mol. The van der Waals surface area contributed by atoms with Crippen LogP contribution in [0.5, 0.6) is 0 Å². The fraction of sp³-hybridized carbons (Fsp3) is 0.278. The largest absolute Gasteiger partial charge is 0.370 e. The normalized spacial score (nSPS) is 13.6. The van der Waals surface area contributed by atoms with E-state index < -0.39 is 0 Å². The maximum absolute atomic E-state index is 12.6. The van der Waals surface area contributed by atoms with Crippen molar-refractivity contribution in [3.63, 3.8) is 0 Å². The van der Waals surface area contributed by atoms with E-state index in [2.05, 4.69) is 23.2 Å². The van der Waals surface area contributed by atoms with Gasteiger partial charge in [-0.3, -0.25) is 4.79 Å². The van der Waals surface area contributed by atoms with Gasteiger partial charge < -0.3 is 10.2 Å². The van der Waals surface area contributed by atoms with Gasteiger partial charge in [-0.15, -0.1) is 23.5 Å². The zero-order chi connectivity index (χ0) is 16.2. The number of anilines is 2. The molecule has 3 rings (SSSR count). The summed E-state index contributed by atoms with van der Waals surface area (Å²) in [6.07, 6.45) is 2.03. The molecule has 120 valence electrons. The Morgan fingerprint density at radius 1 is 1.30 bits per heavy atom. The molecule has 0 unspecified atom stereocenters. The number of hydrogen-bond donors (Lipinski definition) is 1. The van der Waals surface area contributed by atoms with Gasteiger partial charge >= 0.3 is 0 Å². The van der Waals surface area contributed by atoms with Crippen LogP contribution in [0.1, 0.15) is 17.3 Å². The summed E-state index contributed by atoms with van der Waals surface area (Å²) >= 11 is 3.53. The molecule has 23 heavy (non-hydrogen) atoms. The van der Waals surface area contributed by atoms with Crippen LogP contribution in [0.4, 0.5) is 11.4 Å². The molecule has 1 amide bonds. The van der Waals surface area contributed by atoms with Gasteiger partial charge in [0.05, 0.1) is 5.69 Å². The van der Waals surface area contributed by atoms with Gasteiger partial charge in [0.1, 0.15) is 0 Å². The van der Waals surface area contributed by atoms with Crippen molar-refractivity contribution in [3.05, 3.63) is 48.0 Å². The number of benzene rings is 2. The van der Waals surface area contributed by atoms with Gasteiger partial charge in [-0.25, -0.2) is 0 Å². The molecule has 0 spiro atoms. The van der Waals surface area contributed by atoms with Crippen molar-refractivity contribution in [2.45, 2.75) is 16.7 Å². The van der Waals surface area contributed by atoms with E-state index in [4.69, 9.17) is 0 Å². The van der Waals surface area contributed by atoms with Crippen molar-refractivity contribution in [2.75, 3.05) is 35.3 Å². The predicted molar refractivity (Wildman–Crippen MR) is 101 cm³/mol. The fourth-order valence-electron chi connectivity index (χ4n) is 2.65. The summed E-state index contributed by atoms with van der Waals surface area (Å²) in [4.78, 5) is 17.3. The van der Waals surface area contributed by atoms with Gasteiger partial charge in [0, 0.05) is 39.9 Å². The Bertz CT molecular complexity index is 718. The van der Waals surface area contributed by atoms with E-state index in [1.807, 2.05) is 54.4 Å². The highest BCUT2D eigenvalue weighted by Crippen LogP contribution is 2.35. The minimum absolute atomic E-state index is 0.0577. The number of nitrogens with one attached hydrogen (secondary N) is 1. The van der Waals surface area contributed by atoms with Crippen LogP contribution in [0, 0.1) is 0 Å². The Kier molecular flexibility index (Phi) is 5.18. The summed E-state index contributed by atoms with van der Waals surface area (Å²) in [5, 5.41) is 2.99. The molecule has 0 saturated carbocycles. The molecule has 0 aliphatic carbocycles. The zero-order valence-corrected chi connectivity index (χ0v) is 15.0. The van der Waals surface area contributed by atoms with Gasteiger partial charge in [-0.1, -0.05) is 6.07 Å². The molecule has 2 aromatic carbocycles. The van der Waals surface area contributed by atoms with E-state index in [0.717, 1.165) is 29.4 Å². The molecule has 1 heterocycles. The Hall–Kier alpha value is -1.59. The second-order valence-corrected chi connectivity index (χ2v) is 7.31. The van der Waals surface area contributed by atoms with Crippen LogP contribution < -0.4 is 10.2 Å². The summed E-state index contributed by atoms with van der Waals surface area (Å²) < 4.78 is 0. The average Bonchev–Trinajstić information content (AvgIpc) is 2.60. The van der Waals surface area contributed by atoms with Crippen molar-refractivity contribution in [1.29, 1.82) is 0 Å². The first-order valence-electron chi connectivity index (χ1n) is 7.68.